The van der Waals surface area contributed by atoms with Crippen LogP contribution in [0.15, 0.2) is 48.8 Å². The number of nitrogens with one attached hydrogen (secondary N) is 2. The zero-order valence-corrected chi connectivity index (χ0v) is 21.9. The Kier molecular flexibility index (Phi) is 6.58. The molecule has 190 valence electrons. The summed E-state index contributed by atoms with van der Waals surface area (Å²) in [7, 11) is 0. The van der Waals surface area contributed by atoms with Gasteiger partial charge in [0.05, 0.1) is 41.4 Å². The summed E-state index contributed by atoms with van der Waals surface area (Å²) in [5.41, 5.74) is 2.56. The number of nitriles is 1. The third-order valence-corrected chi connectivity index (χ3v) is 7.25. The maximum absolute atomic E-state index is 13.8. The Morgan fingerprint density at radius 3 is 2.73 bits per heavy atom. The number of halogens is 3. The molecule has 2 heterocycles. The summed E-state index contributed by atoms with van der Waals surface area (Å²) >= 11 is 12.8. The van der Waals surface area contributed by atoms with Gasteiger partial charge >= 0.3 is 0 Å². The molecule has 0 radical (unpaired) electrons. The first kappa shape index (κ1) is 24.0. The number of hydrogen-bond donors (Lipinski definition) is 2. The molecule has 0 bridgehead atoms. The van der Waals surface area contributed by atoms with Gasteiger partial charge in [-0.3, -0.25) is 4.98 Å². The molecule has 0 amide bonds. The standard InChI is InChI=1S/C27H26Cl2FN7/c1-27(2,14-28)15-33-24-17(11-31)12-32-26-21(24)9-19(10-22(26)29)34-25(16-3-5-18(30)6-4-16)23-13-37(36-35-23)20-7-8-20/h3-6,9-10,12-13,20,25,34H,7-8,14-15H2,1-2H3,(H,32,33)/t25-/m0/s1/i25D. The summed E-state index contributed by atoms with van der Waals surface area (Å²) in [5.74, 6) is 0.0242. The first-order chi connectivity index (χ1) is 18.1. The van der Waals surface area contributed by atoms with Crippen LogP contribution in [-0.2, 0) is 0 Å². The Morgan fingerprint density at radius 2 is 2.05 bits per heavy atom. The molecule has 2 N–H and O–H groups in total. The molecule has 1 aliphatic carbocycles. The fraction of sp³-hybridized carbons (Fsp3) is 0.333. The summed E-state index contributed by atoms with van der Waals surface area (Å²) in [6.45, 7) is 4.56. The van der Waals surface area contributed by atoms with E-state index in [2.05, 4.69) is 32.0 Å². The van der Waals surface area contributed by atoms with Crippen LogP contribution in [0.25, 0.3) is 10.9 Å². The van der Waals surface area contributed by atoms with Crippen molar-refractivity contribution in [3.05, 3.63) is 76.5 Å². The van der Waals surface area contributed by atoms with Crippen molar-refractivity contribution in [3.63, 3.8) is 0 Å². The third kappa shape index (κ3) is 5.48. The Morgan fingerprint density at radius 1 is 1.30 bits per heavy atom. The van der Waals surface area contributed by atoms with Crippen LogP contribution in [0.4, 0.5) is 15.8 Å². The maximum Gasteiger partial charge on any atom is 0.123 e. The SMILES string of the molecule is [2H][C@](Nc1cc(Cl)c2ncc(C#N)c(NCC(C)(C)CCl)c2c1)(c1ccc(F)cc1)c1cn(C2CC2)nn1. The number of anilines is 2. The number of rotatable bonds is 9. The molecule has 0 unspecified atom stereocenters. The van der Waals surface area contributed by atoms with E-state index in [-0.39, 0.29) is 11.5 Å². The topological polar surface area (TPSA) is 91.5 Å². The normalized spacial score (nSPS) is 15.6. The van der Waals surface area contributed by atoms with Gasteiger partial charge in [-0.15, -0.1) is 16.7 Å². The van der Waals surface area contributed by atoms with Crippen molar-refractivity contribution in [1.82, 2.24) is 20.0 Å². The van der Waals surface area contributed by atoms with Gasteiger partial charge in [0.2, 0.25) is 0 Å². The molecule has 0 aliphatic heterocycles. The highest BCUT2D eigenvalue weighted by Crippen LogP contribution is 2.37. The second-order valence-corrected chi connectivity index (χ2v) is 10.7. The molecule has 10 heteroatoms. The van der Waals surface area contributed by atoms with Crippen LogP contribution < -0.4 is 10.6 Å². The van der Waals surface area contributed by atoms with Crippen LogP contribution in [-0.4, -0.2) is 32.4 Å². The number of fused-ring (bicyclic) bond motifs is 1. The monoisotopic (exact) mass is 538 g/mol. The van der Waals surface area contributed by atoms with Gasteiger partial charge in [-0.05, 0) is 48.1 Å². The molecule has 0 spiro atoms. The fourth-order valence-electron chi connectivity index (χ4n) is 3.94. The smallest absolute Gasteiger partial charge is 0.123 e. The predicted molar refractivity (Wildman–Crippen MR) is 145 cm³/mol. The fourth-order valence-corrected chi connectivity index (χ4v) is 4.30. The minimum absolute atomic E-state index is 0.226. The molecule has 7 nitrogen and oxygen atoms in total. The summed E-state index contributed by atoms with van der Waals surface area (Å²) in [5, 5.41) is 25.9. The summed E-state index contributed by atoms with van der Waals surface area (Å²) < 4.78 is 25.0. The lowest BCUT2D eigenvalue weighted by Gasteiger charge is -2.24. The van der Waals surface area contributed by atoms with E-state index in [4.69, 9.17) is 23.2 Å². The molecule has 1 fully saturated rings. The van der Waals surface area contributed by atoms with Gasteiger partial charge in [0, 0.05) is 29.7 Å². The zero-order valence-electron chi connectivity index (χ0n) is 21.4. The average Bonchev–Trinajstić information content (AvgIpc) is 3.63. The molecule has 2 aromatic heterocycles. The summed E-state index contributed by atoms with van der Waals surface area (Å²) in [4.78, 5) is 4.41. The van der Waals surface area contributed by atoms with Crippen molar-refractivity contribution >= 4 is 45.5 Å². The number of benzene rings is 2. The van der Waals surface area contributed by atoms with Gasteiger partial charge in [-0.2, -0.15) is 5.26 Å². The van der Waals surface area contributed by atoms with Crippen LogP contribution in [0.2, 0.25) is 5.02 Å². The van der Waals surface area contributed by atoms with Gasteiger partial charge in [0.25, 0.3) is 0 Å². The molecule has 5 rings (SSSR count). The molecule has 1 atom stereocenters. The molecular formula is C27H26Cl2FN7. The first-order valence-electron chi connectivity index (χ1n) is 12.4. The second kappa shape index (κ2) is 10.2. The van der Waals surface area contributed by atoms with Crippen LogP contribution in [0.1, 0.15) is 56.9 Å². The lowest BCUT2D eigenvalue weighted by atomic mass is 9.96. The van der Waals surface area contributed by atoms with Gasteiger partial charge in [0.15, 0.2) is 0 Å². The second-order valence-electron chi connectivity index (χ2n) is 9.99. The van der Waals surface area contributed by atoms with E-state index in [0.29, 0.717) is 56.5 Å². The van der Waals surface area contributed by atoms with Gasteiger partial charge < -0.3 is 10.6 Å². The van der Waals surface area contributed by atoms with Crippen molar-refractivity contribution in [2.45, 2.75) is 38.7 Å². The highest BCUT2D eigenvalue weighted by molar-refractivity contribution is 6.35. The quantitative estimate of drug-likeness (QED) is 0.230. The Labute approximate surface area is 226 Å². The molecule has 37 heavy (non-hydrogen) atoms. The summed E-state index contributed by atoms with van der Waals surface area (Å²) in [6, 6.07) is 10.0. The highest BCUT2D eigenvalue weighted by Gasteiger charge is 2.27. The van der Waals surface area contributed by atoms with Crippen molar-refractivity contribution in [3.8, 4) is 6.07 Å². The molecule has 4 aromatic rings. The highest BCUT2D eigenvalue weighted by atomic mass is 35.5. The van der Waals surface area contributed by atoms with E-state index in [1.54, 1.807) is 35.1 Å². The van der Waals surface area contributed by atoms with Gasteiger partial charge in [0.1, 0.15) is 17.6 Å². The molecule has 0 saturated heterocycles. The van der Waals surface area contributed by atoms with Crippen LogP contribution in [0.5, 0.6) is 0 Å². The zero-order chi connectivity index (χ0) is 27.1. The first-order valence-corrected chi connectivity index (χ1v) is 12.8. The predicted octanol–water partition coefficient (Wildman–Crippen LogP) is 6.70. The van der Waals surface area contributed by atoms with Crippen LogP contribution >= 0.6 is 23.2 Å². The molecule has 1 aliphatic rings. The van der Waals surface area contributed by atoms with Crippen LogP contribution in [0.3, 0.4) is 0 Å². The van der Waals surface area contributed by atoms with Gasteiger partial charge in [-0.1, -0.05) is 42.8 Å². The lowest BCUT2D eigenvalue weighted by Crippen LogP contribution is -2.25. The number of nitrogens with zero attached hydrogens (tertiary/aromatic N) is 5. The molecule has 2 aromatic carbocycles. The van der Waals surface area contributed by atoms with Crippen molar-refractivity contribution in [1.29, 1.82) is 5.26 Å². The number of pyridine rings is 1. The molecule has 1 saturated carbocycles. The van der Waals surface area contributed by atoms with E-state index in [1.807, 2.05) is 13.8 Å². The number of aromatic nitrogens is 4. The third-order valence-electron chi connectivity index (χ3n) is 6.24. The van der Waals surface area contributed by atoms with E-state index >= 15 is 0 Å². The largest absolute Gasteiger partial charge is 0.383 e. The number of hydrogen-bond acceptors (Lipinski definition) is 6. The summed E-state index contributed by atoms with van der Waals surface area (Å²) in [6.07, 6.45) is 5.27. The maximum atomic E-state index is 13.8. The van der Waals surface area contributed by atoms with E-state index in [9.17, 15) is 11.0 Å². The Balaban J connectivity index is 1.61. The van der Waals surface area contributed by atoms with Crippen molar-refractivity contribution in [2.75, 3.05) is 23.1 Å². The van der Waals surface area contributed by atoms with Gasteiger partial charge in [-0.25, -0.2) is 9.07 Å². The van der Waals surface area contributed by atoms with E-state index < -0.39 is 11.8 Å². The lowest BCUT2D eigenvalue weighted by molar-refractivity contribution is 0.450. The Hall–Kier alpha value is -3.41. The van der Waals surface area contributed by atoms with Crippen molar-refractivity contribution < 1.29 is 5.76 Å². The van der Waals surface area contributed by atoms with Crippen LogP contribution in [0, 0.1) is 22.6 Å². The van der Waals surface area contributed by atoms with Crippen molar-refractivity contribution in [2.24, 2.45) is 5.41 Å². The average molecular weight is 539 g/mol. The Bertz CT molecular complexity index is 1530. The minimum Gasteiger partial charge on any atom is -0.383 e. The van der Waals surface area contributed by atoms with E-state index in [1.165, 1.54) is 18.3 Å². The minimum atomic E-state index is -1.60. The molecular weight excluding hydrogens is 512 g/mol. The number of alkyl halides is 1. The van der Waals surface area contributed by atoms with E-state index in [0.717, 1.165) is 12.8 Å².